The molecule has 0 saturated carbocycles. The summed E-state index contributed by atoms with van der Waals surface area (Å²) in [7, 11) is 0. The number of thiocarbonyl (C=S) groups is 1. The van der Waals surface area contributed by atoms with Crippen LogP contribution in [0.25, 0.3) is 17.0 Å². The molecule has 1 aromatic heterocycles. The Balaban J connectivity index is 1.75. The molecule has 1 aliphatic heterocycles. The van der Waals surface area contributed by atoms with E-state index in [2.05, 4.69) is 0 Å². The third-order valence-electron chi connectivity index (χ3n) is 3.82. The third kappa shape index (κ3) is 3.07. The minimum absolute atomic E-state index is 0.296. The zero-order chi connectivity index (χ0) is 18.3. The standard InChI is InChI=1S/C19H10ClNO3S2/c20-13-5-3-6-14(10-13)21-17(22)16(26-19(21)25)9-12-8-11-4-1-2-7-15(11)24-18(12)23/h1-10H/b16-9-. The van der Waals surface area contributed by atoms with Crippen molar-refractivity contribution in [3.63, 3.8) is 0 Å². The lowest BCUT2D eigenvalue weighted by molar-refractivity contribution is -0.113. The summed E-state index contributed by atoms with van der Waals surface area (Å²) in [6, 6.07) is 15.8. The summed E-state index contributed by atoms with van der Waals surface area (Å²) in [5.74, 6) is -0.296. The van der Waals surface area contributed by atoms with Gasteiger partial charge in [0.1, 0.15) is 5.58 Å². The van der Waals surface area contributed by atoms with Crippen molar-refractivity contribution in [3.05, 3.63) is 80.5 Å². The van der Waals surface area contributed by atoms with Crippen LogP contribution in [0.5, 0.6) is 0 Å². The highest BCUT2D eigenvalue weighted by atomic mass is 35.5. The van der Waals surface area contributed by atoms with Gasteiger partial charge in [0.05, 0.1) is 16.2 Å². The number of fused-ring (bicyclic) bond motifs is 1. The van der Waals surface area contributed by atoms with Crippen LogP contribution >= 0.6 is 35.6 Å². The second kappa shape index (κ2) is 6.72. The monoisotopic (exact) mass is 399 g/mol. The Bertz CT molecular complexity index is 1150. The first-order valence-corrected chi connectivity index (χ1v) is 9.19. The summed E-state index contributed by atoms with van der Waals surface area (Å²) in [4.78, 5) is 26.8. The fraction of sp³-hybridized carbons (Fsp3) is 0. The lowest BCUT2D eigenvalue weighted by Crippen LogP contribution is -2.27. The van der Waals surface area contributed by atoms with Gasteiger partial charge in [-0.15, -0.1) is 0 Å². The summed E-state index contributed by atoms with van der Waals surface area (Å²) in [5.41, 5.74) is 0.891. The van der Waals surface area contributed by atoms with Gasteiger partial charge in [0.25, 0.3) is 5.91 Å². The van der Waals surface area contributed by atoms with Gasteiger partial charge in [0.15, 0.2) is 4.32 Å². The van der Waals surface area contributed by atoms with Crippen LogP contribution in [0.2, 0.25) is 5.02 Å². The molecule has 0 N–H and O–H groups in total. The molecular formula is C19H10ClNO3S2. The van der Waals surface area contributed by atoms with Crippen LogP contribution in [0, 0.1) is 0 Å². The van der Waals surface area contributed by atoms with Crippen molar-refractivity contribution in [2.45, 2.75) is 0 Å². The smallest absolute Gasteiger partial charge is 0.343 e. The number of halogens is 1. The number of anilines is 1. The SMILES string of the molecule is O=C1/C(=C/c2cc3ccccc3oc2=O)SC(=S)N1c1cccc(Cl)c1. The van der Waals surface area contributed by atoms with Crippen molar-refractivity contribution in [1.82, 2.24) is 0 Å². The maximum atomic E-state index is 12.8. The van der Waals surface area contributed by atoms with Crippen LogP contribution in [0.1, 0.15) is 5.56 Å². The Morgan fingerprint density at radius 3 is 2.69 bits per heavy atom. The predicted molar refractivity (Wildman–Crippen MR) is 110 cm³/mol. The number of carbonyl (C=O) groups is 1. The number of amides is 1. The normalized spacial score (nSPS) is 16.0. The van der Waals surface area contributed by atoms with Gasteiger partial charge in [-0.25, -0.2) is 4.79 Å². The van der Waals surface area contributed by atoms with Crippen LogP contribution in [0.3, 0.4) is 0 Å². The average Bonchev–Trinajstić information content (AvgIpc) is 2.89. The van der Waals surface area contributed by atoms with Gasteiger partial charge in [-0.2, -0.15) is 0 Å². The van der Waals surface area contributed by atoms with Crippen molar-refractivity contribution in [2.75, 3.05) is 4.90 Å². The fourth-order valence-electron chi connectivity index (χ4n) is 2.63. The highest BCUT2D eigenvalue weighted by molar-refractivity contribution is 8.27. The number of nitrogens with zero attached hydrogens (tertiary/aromatic N) is 1. The lowest BCUT2D eigenvalue weighted by atomic mass is 10.1. The molecule has 0 unspecified atom stereocenters. The van der Waals surface area contributed by atoms with E-state index in [0.717, 1.165) is 17.1 Å². The second-order valence-corrected chi connectivity index (χ2v) is 7.64. The molecule has 2 aromatic carbocycles. The van der Waals surface area contributed by atoms with Crippen molar-refractivity contribution in [2.24, 2.45) is 0 Å². The Kier molecular flexibility index (Phi) is 4.40. The van der Waals surface area contributed by atoms with Gasteiger partial charge in [-0.3, -0.25) is 9.69 Å². The summed E-state index contributed by atoms with van der Waals surface area (Å²) in [6.45, 7) is 0. The van der Waals surface area contributed by atoms with Crippen LogP contribution in [-0.2, 0) is 4.79 Å². The summed E-state index contributed by atoms with van der Waals surface area (Å²) >= 11 is 12.5. The first-order chi connectivity index (χ1) is 12.5. The van der Waals surface area contributed by atoms with Gasteiger partial charge < -0.3 is 4.42 Å². The molecule has 1 aliphatic rings. The summed E-state index contributed by atoms with van der Waals surface area (Å²) in [6.07, 6.45) is 1.52. The van der Waals surface area contributed by atoms with Crippen molar-refractivity contribution >= 4 is 68.5 Å². The Hall–Kier alpha value is -2.41. The van der Waals surface area contributed by atoms with Gasteiger partial charge in [0, 0.05) is 10.4 Å². The van der Waals surface area contributed by atoms with E-state index in [1.807, 2.05) is 12.1 Å². The highest BCUT2D eigenvalue weighted by Crippen LogP contribution is 2.36. The highest BCUT2D eigenvalue weighted by Gasteiger charge is 2.33. The predicted octanol–water partition coefficient (Wildman–Crippen LogP) is 4.85. The third-order valence-corrected chi connectivity index (χ3v) is 5.35. The molecule has 0 spiro atoms. The van der Waals surface area contributed by atoms with E-state index in [1.165, 1.54) is 11.0 Å². The molecule has 128 valence electrons. The molecule has 0 bridgehead atoms. The van der Waals surface area contributed by atoms with Gasteiger partial charge in [-0.05, 0) is 36.4 Å². The molecule has 4 nitrogen and oxygen atoms in total. The van der Waals surface area contributed by atoms with E-state index < -0.39 is 5.63 Å². The Morgan fingerprint density at radius 1 is 1.08 bits per heavy atom. The average molecular weight is 400 g/mol. The Labute approximate surface area is 163 Å². The van der Waals surface area contributed by atoms with Crippen LogP contribution in [-0.4, -0.2) is 10.2 Å². The molecule has 26 heavy (non-hydrogen) atoms. The van der Waals surface area contributed by atoms with Crippen molar-refractivity contribution < 1.29 is 9.21 Å². The molecule has 1 fully saturated rings. The number of rotatable bonds is 2. The van der Waals surface area contributed by atoms with E-state index in [9.17, 15) is 9.59 Å². The molecule has 7 heteroatoms. The van der Waals surface area contributed by atoms with E-state index in [1.54, 1.807) is 42.5 Å². The largest absolute Gasteiger partial charge is 0.422 e. The number of benzene rings is 2. The van der Waals surface area contributed by atoms with E-state index in [-0.39, 0.29) is 5.91 Å². The van der Waals surface area contributed by atoms with Crippen LogP contribution in [0.15, 0.2) is 68.7 Å². The maximum absolute atomic E-state index is 12.8. The molecule has 2 heterocycles. The zero-order valence-electron chi connectivity index (χ0n) is 13.1. The Morgan fingerprint density at radius 2 is 1.88 bits per heavy atom. The topological polar surface area (TPSA) is 50.5 Å². The van der Waals surface area contributed by atoms with Gasteiger partial charge in [0.2, 0.25) is 0 Å². The minimum atomic E-state index is -0.503. The number of thioether (sulfide) groups is 1. The zero-order valence-corrected chi connectivity index (χ0v) is 15.5. The lowest BCUT2D eigenvalue weighted by Gasteiger charge is -2.14. The number of hydrogen-bond acceptors (Lipinski definition) is 5. The molecule has 0 radical (unpaired) electrons. The van der Waals surface area contributed by atoms with Crippen molar-refractivity contribution in [1.29, 1.82) is 0 Å². The van der Waals surface area contributed by atoms with Gasteiger partial charge >= 0.3 is 5.63 Å². The molecule has 1 saturated heterocycles. The second-order valence-electron chi connectivity index (χ2n) is 5.52. The van der Waals surface area contributed by atoms with Gasteiger partial charge in [-0.1, -0.05) is 59.8 Å². The molecule has 3 aromatic rings. The van der Waals surface area contributed by atoms with E-state index in [4.69, 9.17) is 28.2 Å². The summed E-state index contributed by atoms with van der Waals surface area (Å²) < 4.78 is 5.69. The van der Waals surface area contributed by atoms with Crippen LogP contribution in [0.4, 0.5) is 5.69 Å². The molecule has 0 atom stereocenters. The maximum Gasteiger partial charge on any atom is 0.343 e. The first kappa shape index (κ1) is 17.0. The minimum Gasteiger partial charge on any atom is -0.422 e. The number of carbonyl (C=O) groups excluding carboxylic acids is 1. The molecular weight excluding hydrogens is 390 g/mol. The molecule has 4 rings (SSSR count). The van der Waals surface area contributed by atoms with Crippen LogP contribution < -0.4 is 10.5 Å². The van der Waals surface area contributed by atoms with Crippen molar-refractivity contribution in [3.8, 4) is 0 Å². The molecule has 0 aliphatic carbocycles. The van der Waals surface area contributed by atoms with E-state index >= 15 is 0 Å². The number of hydrogen-bond donors (Lipinski definition) is 0. The molecule has 1 amide bonds. The van der Waals surface area contributed by atoms with E-state index in [0.29, 0.717) is 31.1 Å². The fourth-order valence-corrected chi connectivity index (χ4v) is 4.10. The number of para-hydroxylation sites is 1. The summed E-state index contributed by atoms with van der Waals surface area (Å²) in [5, 5.41) is 1.29. The quantitative estimate of drug-likeness (QED) is 0.350. The first-order valence-electron chi connectivity index (χ1n) is 7.59.